The number of benzene rings is 2. The minimum atomic E-state index is -4.42. The second-order valence-electron chi connectivity index (χ2n) is 6.44. The Morgan fingerprint density at radius 3 is 2.64 bits per heavy atom. The van der Waals surface area contributed by atoms with Gasteiger partial charge in [-0.3, -0.25) is 4.79 Å². The molecule has 142 valence electrons. The minimum Gasteiger partial charge on any atom is -0.266 e. The number of amides is 1. The molecule has 1 aliphatic rings. The second kappa shape index (κ2) is 7.24. The van der Waals surface area contributed by atoms with Crippen LogP contribution >= 0.6 is 11.3 Å². The maximum atomic E-state index is 12.7. The molecule has 3 nitrogen and oxygen atoms in total. The molecule has 0 atom stereocenters. The Balaban J connectivity index is 1.49. The highest BCUT2D eigenvalue weighted by Crippen LogP contribution is 2.39. The van der Waals surface area contributed by atoms with E-state index in [-0.39, 0.29) is 11.5 Å². The van der Waals surface area contributed by atoms with Crippen molar-refractivity contribution in [1.29, 1.82) is 0 Å². The molecule has 1 amide bonds. The Labute approximate surface area is 163 Å². The van der Waals surface area contributed by atoms with E-state index < -0.39 is 11.7 Å². The first-order valence-corrected chi connectivity index (χ1v) is 9.45. The number of aryl methyl sites for hydroxylation is 2. The van der Waals surface area contributed by atoms with E-state index >= 15 is 0 Å². The van der Waals surface area contributed by atoms with Crippen molar-refractivity contribution < 1.29 is 18.0 Å². The van der Waals surface area contributed by atoms with Crippen molar-refractivity contribution in [3.05, 3.63) is 81.7 Å². The van der Waals surface area contributed by atoms with Crippen LogP contribution in [-0.2, 0) is 19.0 Å². The number of nitrogens with zero attached hydrogens (tertiary/aromatic N) is 1. The molecule has 0 saturated heterocycles. The molecule has 0 fully saturated rings. The van der Waals surface area contributed by atoms with Crippen LogP contribution in [0.3, 0.4) is 0 Å². The molecule has 28 heavy (non-hydrogen) atoms. The number of thiophene rings is 1. The van der Waals surface area contributed by atoms with Gasteiger partial charge >= 0.3 is 6.18 Å². The lowest BCUT2D eigenvalue weighted by atomic mass is 9.91. The summed E-state index contributed by atoms with van der Waals surface area (Å²) in [7, 11) is 0. The SMILES string of the molecule is O=C(N/N=C\c1cccc(C(F)(F)F)c1)c1cc2c(s1)-c1ccccc1CC2. The maximum Gasteiger partial charge on any atom is 0.416 e. The molecule has 0 unspecified atom stereocenters. The molecule has 3 aromatic rings. The largest absolute Gasteiger partial charge is 0.416 e. The molecule has 2 aromatic carbocycles. The first-order valence-electron chi connectivity index (χ1n) is 8.63. The van der Waals surface area contributed by atoms with Gasteiger partial charge in [-0.15, -0.1) is 11.3 Å². The summed E-state index contributed by atoms with van der Waals surface area (Å²) in [4.78, 5) is 14.0. The molecule has 1 N–H and O–H groups in total. The van der Waals surface area contributed by atoms with Crippen molar-refractivity contribution in [3.8, 4) is 10.4 Å². The number of hydrogen-bond acceptors (Lipinski definition) is 3. The van der Waals surface area contributed by atoms with Crippen LogP contribution in [0.5, 0.6) is 0 Å². The summed E-state index contributed by atoms with van der Waals surface area (Å²) in [6.07, 6.45) is -1.40. The quantitative estimate of drug-likeness (QED) is 0.471. The third kappa shape index (κ3) is 3.71. The monoisotopic (exact) mass is 400 g/mol. The van der Waals surface area contributed by atoms with Crippen molar-refractivity contribution in [1.82, 2.24) is 5.43 Å². The van der Waals surface area contributed by atoms with Gasteiger partial charge in [-0.2, -0.15) is 18.3 Å². The first kappa shape index (κ1) is 18.4. The molecule has 0 aliphatic heterocycles. The van der Waals surface area contributed by atoms with Crippen LogP contribution in [0.4, 0.5) is 13.2 Å². The molecule has 0 saturated carbocycles. The van der Waals surface area contributed by atoms with Gasteiger partial charge in [0, 0.05) is 4.88 Å². The van der Waals surface area contributed by atoms with E-state index in [1.807, 2.05) is 18.2 Å². The highest BCUT2D eigenvalue weighted by Gasteiger charge is 2.30. The Morgan fingerprint density at radius 1 is 1.04 bits per heavy atom. The summed E-state index contributed by atoms with van der Waals surface area (Å²) in [5.74, 6) is -0.375. The normalized spacial score (nSPS) is 13.2. The van der Waals surface area contributed by atoms with Gasteiger partial charge < -0.3 is 0 Å². The van der Waals surface area contributed by atoms with Crippen LogP contribution in [0, 0.1) is 0 Å². The zero-order valence-corrected chi connectivity index (χ0v) is 15.4. The maximum absolute atomic E-state index is 12.7. The Hall–Kier alpha value is -2.93. The van der Waals surface area contributed by atoms with Crippen molar-refractivity contribution in [2.75, 3.05) is 0 Å². The van der Waals surface area contributed by atoms with Crippen molar-refractivity contribution >= 4 is 23.5 Å². The van der Waals surface area contributed by atoms with E-state index in [0.29, 0.717) is 4.88 Å². The third-order valence-electron chi connectivity index (χ3n) is 4.55. The average Bonchev–Trinajstić information content (AvgIpc) is 3.12. The number of alkyl halides is 3. The standard InChI is InChI=1S/C21H15F3N2OS/c22-21(23,24)16-6-3-4-13(10-16)12-25-26-20(27)18-11-15-9-8-14-5-1-2-7-17(14)19(15)28-18/h1-7,10-12H,8-9H2,(H,26,27)/b25-12-. The van der Waals surface area contributed by atoms with E-state index in [1.165, 1.54) is 35.2 Å². The number of halogens is 3. The van der Waals surface area contributed by atoms with Gasteiger partial charge in [-0.1, -0.05) is 36.4 Å². The Morgan fingerprint density at radius 2 is 1.82 bits per heavy atom. The van der Waals surface area contributed by atoms with Gasteiger partial charge in [0.05, 0.1) is 16.7 Å². The number of nitrogens with one attached hydrogen (secondary N) is 1. The fourth-order valence-electron chi connectivity index (χ4n) is 3.20. The lowest BCUT2D eigenvalue weighted by Crippen LogP contribution is -2.16. The number of carbonyl (C=O) groups is 1. The molecule has 7 heteroatoms. The molecule has 0 bridgehead atoms. The predicted octanol–water partition coefficient (Wildman–Crippen LogP) is 5.30. The summed E-state index contributed by atoms with van der Waals surface area (Å²) in [6.45, 7) is 0. The van der Waals surface area contributed by atoms with E-state index in [2.05, 4.69) is 22.7 Å². The second-order valence-corrected chi connectivity index (χ2v) is 7.50. The van der Waals surface area contributed by atoms with Gasteiger partial charge in [0.15, 0.2) is 0 Å². The van der Waals surface area contributed by atoms with Crippen LogP contribution in [0.1, 0.15) is 31.9 Å². The molecule has 1 heterocycles. The van der Waals surface area contributed by atoms with E-state index in [0.717, 1.165) is 41.0 Å². The zero-order valence-electron chi connectivity index (χ0n) is 14.6. The lowest BCUT2D eigenvalue weighted by molar-refractivity contribution is -0.137. The highest BCUT2D eigenvalue weighted by molar-refractivity contribution is 7.17. The fourth-order valence-corrected chi connectivity index (χ4v) is 4.36. The summed E-state index contributed by atoms with van der Waals surface area (Å²) in [6, 6.07) is 14.8. The highest BCUT2D eigenvalue weighted by atomic mass is 32.1. The zero-order chi connectivity index (χ0) is 19.7. The van der Waals surface area contributed by atoms with Gasteiger partial charge in [0.2, 0.25) is 0 Å². The van der Waals surface area contributed by atoms with Crippen molar-refractivity contribution in [2.24, 2.45) is 5.10 Å². The van der Waals surface area contributed by atoms with Gasteiger partial charge in [-0.05, 0) is 53.3 Å². The predicted molar refractivity (Wildman–Crippen MR) is 104 cm³/mol. The van der Waals surface area contributed by atoms with E-state index in [9.17, 15) is 18.0 Å². The molecular weight excluding hydrogens is 385 g/mol. The molecular formula is C21H15F3N2OS. The van der Waals surface area contributed by atoms with Crippen LogP contribution in [-0.4, -0.2) is 12.1 Å². The fraction of sp³-hybridized carbons (Fsp3) is 0.143. The molecule has 1 aliphatic carbocycles. The van der Waals surface area contributed by atoms with Crippen LogP contribution in [0.2, 0.25) is 0 Å². The third-order valence-corrected chi connectivity index (χ3v) is 5.76. The summed E-state index contributed by atoms with van der Waals surface area (Å²) >= 11 is 1.40. The lowest BCUT2D eigenvalue weighted by Gasteiger charge is -2.15. The molecule has 0 spiro atoms. The Bertz CT molecular complexity index is 1070. The minimum absolute atomic E-state index is 0.259. The van der Waals surface area contributed by atoms with Crippen molar-refractivity contribution in [3.63, 3.8) is 0 Å². The van der Waals surface area contributed by atoms with Gasteiger partial charge in [0.1, 0.15) is 0 Å². The molecule has 0 radical (unpaired) electrons. The summed E-state index contributed by atoms with van der Waals surface area (Å²) in [5.41, 5.74) is 5.46. The van der Waals surface area contributed by atoms with E-state index in [1.54, 1.807) is 0 Å². The molecule has 4 rings (SSSR count). The summed E-state index contributed by atoms with van der Waals surface area (Å²) < 4.78 is 38.2. The van der Waals surface area contributed by atoms with Gasteiger partial charge in [0.25, 0.3) is 5.91 Å². The van der Waals surface area contributed by atoms with Crippen LogP contribution in [0.15, 0.2) is 59.7 Å². The summed E-state index contributed by atoms with van der Waals surface area (Å²) in [5, 5.41) is 3.81. The van der Waals surface area contributed by atoms with Gasteiger partial charge in [-0.25, -0.2) is 5.43 Å². The first-order chi connectivity index (χ1) is 13.4. The number of hydrazone groups is 1. The topological polar surface area (TPSA) is 41.5 Å². The van der Waals surface area contributed by atoms with E-state index in [4.69, 9.17) is 0 Å². The van der Waals surface area contributed by atoms with Crippen molar-refractivity contribution in [2.45, 2.75) is 19.0 Å². The van der Waals surface area contributed by atoms with Crippen LogP contribution in [0.25, 0.3) is 10.4 Å². The molecule has 1 aromatic heterocycles. The Kier molecular flexibility index (Phi) is 4.77. The van der Waals surface area contributed by atoms with Crippen LogP contribution < -0.4 is 5.43 Å². The number of carbonyl (C=O) groups excluding carboxylic acids is 1. The average molecular weight is 400 g/mol. The number of hydrogen-bond donors (Lipinski definition) is 1. The number of rotatable bonds is 3. The number of fused-ring (bicyclic) bond motifs is 3. The smallest absolute Gasteiger partial charge is 0.266 e.